The van der Waals surface area contributed by atoms with Gasteiger partial charge in [0, 0.05) is 19.0 Å². The van der Waals surface area contributed by atoms with Crippen LogP contribution in [0.2, 0.25) is 0 Å². The number of thiophene rings is 1. The van der Waals surface area contributed by atoms with Crippen molar-refractivity contribution >= 4 is 27.8 Å². The van der Waals surface area contributed by atoms with Crippen LogP contribution in [0.5, 0.6) is 0 Å². The number of ketones is 1. The number of carbonyl (C=O) groups excluding carboxylic acids is 1. The molecule has 2 rings (SSSR count). The van der Waals surface area contributed by atoms with Crippen molar-refractivity contribution in [3.05, 3.63) is 10.9 Å². The van der Waals surface area contributed by atoms with Crippen LogP contribution in [0.4, 0.5) is 10.7 Å². The van der Waals surface area contributed by atoms with E-state index in [1.807, 2.05) is 19.9 Å². The van der Waals surface area contributed by atoms with Crippen molar-refractivity contribution < 1.29 is 4.79 Å². The Labute approximate surface area is 113 Å². The van der Waals surface area contributed by atoms with Crippen LogP contribution in [0.25, 0.3) is 0 Å². The number of nitrogens with two attached hydrogens (primary N) is 1. The van der Waals surface area contributed by atoms with E-state index < -0.39 is 0 Å². The summed E-state index contributed by atoms with van der Waals surface area (Å²) in [6.07, 6.45) is 2.68. The Kier molecular flexibility index (Phi) is 3.95. The normalized spacial score (nSPS) is 15.1. The van der Waals surface area contributed by atoms with Crippen LogP contribution < -0.4 is 10.6 Å². The van der Waals surface area contributed by atoms with Crippen LogP contribution >= 0.6 is 11.3 Å². The lowest BCUT2D eigenvalue weighted by Crippen LogP contribution is -2.24. The van der Waals surface area contributed by atoms with Crippen LogP contribution in [0.15, 0.2) is 6.07 Å². The third-order valence-electron chi connectivity index (χ3n) is 3.36. The van der Waals surface area contributed by atoms with Gasteiger partial charge in [0.25, 0.3) is 0 Å². The molecule has 18 heavy (non-hydrogen) atoms. The fourth-order valence-corrected chi connectivity index (χ4v) is 3.23. The molecule has 0 amide bonds. The first-order chi connectivity index (χ1) is 8.52. The number of hydrogen-bond acceptors (Lipinski definition) is 4. The Balaban J connectivity index is 2.17. The van der Waals surface area contributed by atoms with Gasteiger partial charge in [-0.1, -0.05) is 13.8 Å². The van der Waals surface area contributed by atoms with Gasteiger partial charge in [0.2, 0.25) is 0 Å². The minimum Gasteiger partial charge on any atom is -0.397 e. The fourth-order valence-electron chi connectivity index (χ4n) is 1.99. The molecule has 3 nitrogen and oxygen atoms in total. The summed E-state index contributed by atoms with van der Waals surface area (Å²) in [5.74, 6) is 1.01. The van der Waals surface area contributed by atoms with E-state index in [1.165, 1.54) is 12.8 Å². The second kappa shape index (κ2) is 5.31. The Bertz CT molecular complexity index is 435. The van der Waals surface area contributed by atoms with Crippen molar-refractivity contribution in [3.63, 3.8) is 0 Å². The lowest BCUT2D eigenvalue weighted by molar-refractivity contribution is 0.0944. The van der Waals surface area contributed by atoms with Gasteiger partial charge in [-0.15, -0.1) is 11.3 Å². The van der Waals surface area contributed by atoms with E-state index in [4.69, 9.17) is 5.73 Å². The van der Waals surface area contributed by atoms with Gasteiger partial charge in [0.1, 0.15) is 0 Å². The Morgan fingerprint density at radius 2 is 2.22 bits per heavy atom. The first kappa shape index (κ1) is 13.4. The number of carbonyl (C=O) groups is 1. The first-order valence-corrected chi connectivity index (χ1v) is 7.53. The highest BCUT2D eigenvalue weighted by atomic mass is 32.1. The minimum atomic E-state index is 0.0114. The predicted octanol–water partition coefficient (Wildman–Crippen LogP) is 3.41. The monoisotopic (exact) mass is 266 g/mol. The second-order valence-corrected chi connectivity index (χ2v) is 6.40. The van der Waals surface area contributed by atoms with E-state index in [0.717, 1.165) is 28.9 Å². The highest BCUT2D eigenvalue weighted by molar-refractivity contribution is 7.18. The maximum Gasteiger partial charge on any atom is 0.177 e. The molecule has 1 aliphatic carbocycles. The first-order valence-electron chi connectivity index (χ1n) is 6.71. The predicted molar refractivity (Wildman–Crippen MR) is 78.5 cm³/mol. The maximum atomic E-state index is 12.0. The van der Waals surface area contributed by atoms with Crippen molar-refractivity contribution in [2.75, 3.05) is 23.7 Å². The van der Waals surface area contributed by atoms with Gasteiger partial charge in [-0.2, -0.15) is 0 Å². The summed E-state index contributed by atoms with van der Waals surface area (Å²) in [5.41, 5.74) is 6.62. The SMILES string of the molecule is CCN(CC1CC1)c1cc(N)c(C(=O)C(C)C)s1. The number of Topliss-reactive ketones (excluding diaryl/α,β-unsaturated/α-hetero) is 1. The lowest BCUT2D eigenvalue weighted by Gasteiger charge is -2.20. The summed E-state index contributed by atoms with van der Waals surface area (Å²) in [5, 5.41) is 1.14. The van der Waals surface area contributed by atoms with E-state index in [0.29, 0.717) is 5.69 Å². The summed E-state index contributed by atoms with van der Waals surface area (Å²) < 4.78 is 0. The summed E-state index contributed by atoms with van der Waals surface area (Å²) in [6, 6.07) is 1.96. The van der Waals surface area contributed by atoms with E-state index in [9.17, 15) is 4.79 Å². The van der Waals surface area contributed by atoms with Gasteiger partial charge in [-0.05, 0) is 31.7 Å². The summed E-state index contributed by atoms with van der Waals surface area (Å²) in [4.78, 5) is 15.1. The number of hydrogen-bond donors (Lipinski definition) is 1. The molecule has 0 atom stereocenters. The molecular weight excluding hydrogens is 244 g/mol. The van der Waals surface area contributed by atoms with Crippen LogP contribution in [0.3, 0.4) is 0 Å². The zero-order valence-corrected chi connectivity index (χ0v) is 12.2. The van der Waals surface area contributed by atoms with E-state index >= 15 is 0 Å². The molecule has 0 aliphatic heterocycles. The number of nitrogen functional groups attached to an aromatic ring is 1. The van der Waals surface area contributed by atoms with Crippen molar-refractivity contribution in [2.24, 2.45) is 11.8 Å². The molecule has 100 valence electrons. The third kappa shape index (κ3) is 2.86. The fraction of sp³-hybridized carbons (Fsp3) is 0.643. The van der Waals surface area contributed by atoms with Gasteiger partial charge < -0.3 is 10.6 Å². The molecule has 1 aliphatic rings. The van der Waals surface area contributed by atoms with E-state index in [-0.39, 0.29) is 11.7 Å². The molecule has 0 bridgehead atoms. The van der Waals surface area contributed by atoms with Crippen molar-refractivity contribution in [1.82, 2.24) is 0 Å². The van der Waals surface area contributed by atoms with Crippen molar-refractivity contribution in [3.8, 4) is 0 Å². The molecule has 0 unspecified atom stereocenters. The molecule has 4 heteroatoms. The molecule has 1 aromatic rings. The maximum absolute atomic E-state index is 12.0. The Morgan fingerprint density at radius 3 is 2.72 bits per heavy atom. The van der Waals surface area contributed by atoms with Gasteiger partial charge in [0.05, 0.1) is 15.6 Å². The summed E-state index contributed by atoms with van der Waals surface area (Å²) >= 11 is 1.55. The molecule has 0 aromatic carbocycles. The van der Waals surface area contributed by atoms with Gasteiger partial charge >= 0.3 is 0 Å². The lowest BCUT2D eigenvalue weighted by atomic mass is 10.1. The van der Waals surface area contributed by atoms with Crippen molar-refractivity contribution in [1.29, 1.82) is 0 Å². The molecule has 0 radical (unpaired) electrons. The zero-order valence-electron chi connectivity index (χ0n) is 11.4. The molecule has 1 saturated carbocycles. The highest BCUT2D eigenvalue weighted by Crippen LogP contribution is 2.37. The highest BCUT2D eigenvalue weighted by Gasteiger charge is 2.26. The summed E-state index contributed by atoms with van der Waals surface area (Å²) in [7, 11) is 0. The van der Waals surface area contributed by atoms with Crippen LogP contribution in [0.1, 0.15) is 43.3 Å². The molecule has 0 spiro atoms. The van der Waals surface area contributed by atoms with Crippen LogP contribution in [-0.2, 0) is 0 Å². The number of nitrogens with zero attached hydrogens (tertiary/aromatic N) is 1. The second-order valence-electron chi connectivity index (χ2n) is 5.37. The van der Waals surface area contributed by atoms with E-state index in [2.05, 4.69) is 11.8 Å². The van der Waals surface area contributed by atoms with Gasteiger partial charge in [0.15, 0.2) is 5.78 Å². The minimum absolute atomic E-state index is 0.0114. The van der Waals surface area contributed by atoms with Gasteiger partial charge in [-0.3, -0.25) is 4.79 Å². The smallest absolute Gasteiger partial charge is 0.177 e. The topological polar surface area (TPSA) is 46.3 Å². The largest absolute Gasteiger partial charge is 0.397 e. The molecule has 2 N–H and O–H groups in total. The Hall–Kier alpha value is -1.03. The molecular formula is C14H22N2OS. The zero-order chi connectivity index (χ0) is 13.3. The standard InChI is InChI=1S/C14H22N2OS/c1-4-16(8-10-5-6-10)12-7-11(15)14(18-12)13(17)9(2)3/h7,9-10H,4-6,8,15H2,1-3H3. The average molecular weight is 266 g/mol. The molecule has 1 fully saturated rings. The number of anilines is 2. The van der Waals surface area contributed by atoms with Gasteiger partial charge in [-0.25, -0.2) is 0 Å². The molecule has 1 heterocycles. The average Bonchev–Trinajstić information content (AvgIpc) is 3.07. The quantitative estimate of drug-likeness (QED) is 0.803. The number of rotatable bonds is 6. The molecule has 1 aromatic heterocycles. The third-order valence-corrected chi connectivity index (χ3v) is 4.59. The van der Waals surface area contributed by atoms with E-state index in [1.54, 1.807) is 11.3 Å². The molecule has 0 saturated heterocycles. The van der Waals surface area contributed by atoms with Crippen LogP contribution in [-0.4, -0.2) is 18.9 Å². The van der Waals surface area contributed by atoms with Crippen molar-refractivity contribution in [2.45, 2.75) is 33.6 Å². The van der Waals surface area contributed by atoms with Crippen LogP contribution in [0, 0.1) is 11.8 Å². The Morgan fingerprint density at radius 1 is 1.56 bits per heavy atom. The summed E-state index contributed by atoms with van der Waals surface area (Å²) in [6.45, 7) is 8.08.